The highest BCUT2D eigenvalue weighted by molar-refractivity contribution is 5.58. The highest BCUT2D eigenvalue weighted by Crippen LogP contribution is 2.30. The molecule has 0 atom stereocenters. The normalized spacial score (nSPS) is 13.7. The second kappa shape index (κ2) is 10.3. The fourth-order valence-corrected chi connectivity index (χ4v) is 4.48. The highest BCUT2D eigenvalue weighted by Gasteiger charge is 2.24. The van der Waals surface area contributed by atoms with Crippen molar-refractivity contribution in [1.29, 1.82) is 0 Å². The zero-order valence-corrected chi connectivity index (χ0v) is 18.8. The summed E-state index contributed by atoms with van der Waals surface area (Å²) in [6.45, 7) is 1.43. The molecule has 0 saturated heterocycles. The van der Waals surface area contributed by atoms with Crippen LogP contribution in [0.15, 0.2) is 97.2 Å². The summed E-state index contributed by atoms with van der Waals surface area (Å²) in [4.78, 5) is 12.0. The number of hydrogen-bond donors (Lipinski definition) is 0. The van der Waals surface area contributed by atoms with Crippen LogP contribution in [-0.4, -0.2) is 16.0 Å². The van der Waals surface area contributed by atoms with Crippen LogP contribution in [0.4, 0.5) is 5.82 Å². The van der Waals surface area contributed by atoms with Crippen LogP contribution in [0.1, 0.15) is 36.8 Å². The van der Waals surface area contributed by atoms with E-state index in [-0.39, 0.29) is 0 Å². The van der Waals surface area contributed by atoms with Crippen molar-refractivity contribution in [3.8, 4) is 17.1 Å². The Balaban J connectivity index is 1.33. The van der Waals surface area contributed by atoms with Crippen molar-refractivity contribution in [2.24, 2.45) is 0 Å². The zero-order valence-electron chi connectivity index (χ0n) is 18.8. The summed E-state index contributed by atoms with van der Waals surface area (Å²) in [5, 5.41) is 0. The first-order chi connectivity index (χ1) is 16.3. The quantitative estimate of drug-likeness (QED) is 0.310. The Morgan fingerprint density at radius 2 is 1.42 bits per heavy atom. The molecule has 5 rings (SSSR count). The van der Waals surface area contributed by atoms with Crippen LogP contribution in [0, 0.1) is 0 Å². The summed E-state index contributed by atoms with van der Waals surface area (Å²) in [6, 6.07) is 31.5. The molecule has 0 N–H and O–H groups in total. The lowest BCUT2D eigenvalue weighted by atomic mass is 10.1. The van der Waals surface area contributed by atoms with E-state index in [4.69, 9.17) is 9.72 Å². The fourth-order valence-electron chi connectivity index (χ4n) is 4.48. The molecule has 0 radical (unpaired) electrons. The van der Waals surface area contributed by atoms with Gasteiger partial charge in [-0.15, -0.1) is 0 Å². The molecule has 166 valence electrons. The molecule has 1 heterocycles. The van der Waals surface area contributed by atoms with E-state index in [1.807, 2.05) is 54.7 Å². The van der Waals surface area contributed by atoms with Crippen molar-refractivity contribution in [3.05, 3.63) is 108 Å². The molecule has 1 saturated carbocycles. The third-order valence-corrected chi connectivity index (χ3v) is 6.26. The van der Waals surface area contributed by atoms with E-state index in [1.54, 1.807) is 0 Å². The van der Waals surface area contributed by atoms with Gasteiger partial charge in [-0.3, -0.25) is 0 Å². The van der Waals surface area contributed by atoms with Gasteiger partial charge in [-0.1, -0.05) is 73.5 Å². The summed E-state index contributed by atoms with van der Waals surface area (Å²) in [5.41, 5.74) is 3.46. The molecular weight excluding hydrogens is 406 g/mol. The molecule has 1 aromatic heterocycles. The van der Waals surface area contributed by atoms with Crippen LogP contribution >= 0.6 is 0 Å². The maximum absolute atomic E-state index is 5.93. The Labute approximate surface area is 195 Å². The van der Waals surface area contributed by atoms with Crippen LogP contribution in [0.3, 0.4) is 0 Å². The van der Waals surface area contributed by atoms with E-state index in [9.17, 15) is 0 Å². The van der Waals surface area contributed by atoms with Gasteiger partial charge in [0.1, 0.15) is 18.2 Å². The van der Waals surface area contributed by atoms with Gasteiger partial charge in [-0.25, -0.2) is 9.97 Å². The topological polar surface area (TPSA) is 38.2 Å². The van der Waals surface area contributed by atoms with E-state index in [1.165, 1.54) is 31.2 Å². The first-order valence-electron chi connectivity index (χ1n) is 11.8. The van der Waals surface area contributed by atoms with Gasteiger partial charge in [-0.2, -0.15) is 0 Å². The Morgan fingerprint density at radius 3 is 2.12 bits per heavy atom. The van der Waals surface area contributed by atoms with Gasteiger partial charge in [0, 0.05) is 24.3 Å². The van der Waals surface area contributed by atoms with Crippen LogP contribution in [0.25, 0.3) is 11.4 Å². The minimum Gasteiger partial charge on any atom is -0.489 e. The van der Waals surface area contributed by atoms with Gasteiger partial charge in [0.15, 0.2) is 5.82 Å². The predicted molar refractivity (Wildman–Crippen MR) is 133 cm³/mol. The van der Waals surface area contributed by atoms with Gasteiger partial charge < -0.3 is 9.64 Å². The van der Waals surface area contributed by atoms with Crippen molar-refractivity contribution in [1.82, 2.24) is 9.97 Å². The smallest absolute Gasteiger partial charge is 0.161 e. The number of nitrogens with zero attached hydrogens (tertiary/aromatic N) is 3. The molecule has 0 aliphatic heterocycles. The van der Waals surface area contributed by atoms with Crippen molar-refractivity contribution in [3.63, 3.8) is 0 Å². The molecule has 4 heteroatoms. The second-order valence-electron chi connectivity index (χ2n) is 8.59. The molecule has 0 bridgehead atoms. The minimum absolute atomic E-state index is 0.529. The number of hydrogen-bond acceptors (Lipinski definition) is 4. The molecule has 1 fully saturated rings. The zero-order chi connectivity index (χ0) is 22.3. The average molecular weight is 436 g/mol. The molecule has 0 amide bonds. The van der Waals surface area contributed by atoms with Gasteiger partial charge >= 0.3 is 0 Å². The summed E-state index contributed by atoms with van der Waals surface area (Å²) in [6.07, 6.45) is 6.90. The number of anilines is 1. The number of rotatable bonds is 8. The van der Waals surface area contributed by atoms with Gasteiger partial charge in [-0.05, 0) is 54.3 Å². The van der Waals surface area contributed by atoms with E-state index < -0.39 is 0 Å². The Kier molecular flexibility index (Phi) is 6.62. The maximum atomic E-state index is 5.93. The number of ether oxygens (including phenoxy) is 1. The van der Waals surface area contributed by atoms with Gasteiger partial charge in [0.25, 0.3) is 0 Å². The van der Waals surface area contributed by atoms with Gasteiger partial charge in [0.05, 0.1) is 0 Å². The summed E-state index contributed by atoms with van der Waals surface area (Å²) in [7, 11) is 0. The lowest BCUT2D eigenvalue weighted by Crippen LogP contribution is -2.33. The van der Waals surface area contributed by atoms with E-state index in [2.05, 4.69) is 52.3 Å². The number of benzene rings is 3. The third kappa shape index (κ3) is 5.40. The van der Waals surface area contributed by atoms with Crippen molar-refractivity contribution in [2.75, 3.05) is 4.90 Å². The summed E-state index contributed by atoms with van der Waals surface area (Å²) < 4.78 is 5.93. The molecular formula is C29H29N3O. The van der Waals surface area contributed by atoms with E-state index in [0.29, 0.717) is 12.6 Å². The Morgan fingerprint density at radius 1 is 0.758 bits per heavy atom. The summed E-state index contributed by atoms with van der Waals surface area (Å²) in [5.74, 6) is 2.59. The molecule has 3 aromatic carbocycles. The lowest BCUT2D eigenvalue weighted by Gasteiger charge is -2.30. The van der Waals surface area contributed by atoms with E-state index >= 15 is 0 Å². The molecule has 1 aliphatic rings. The molecule has 4 nitrogen and oxygen atoms in total. The average Bonchev–Trinajstić information content (AvgIpc) is 3.42. The largest absolute Gasteiger partial charge is 0.489 e. The van der Waals surface area contributed by atoms with Gasteiger partial charge in [0.2, 0.25) is 0 Å². The molecule has 0 unspecified atom stereocenters. The number of aromatic nitrogens is 2. The monoisotopic (exact) mass is 435 g/mol. The first kappa shape index (κ1) is 21.2. The molecule has 1 aliphatic carbocycles. The summed E-state index contributed by atoms with van der Waals surface area (Å²) >= 11 is 0. The van der Waals surface area contributed by atoms with E-state index in [0.717, 1.165) is 35.1 Å². The molecule has 0 spiro atoms. The van der Waals surface area contributed by atoms with Crippen LogP contribution in [-0.2, 0) is 13.2 Å². The standard InChI is InChI=1S/C29H29N3O/c1-3-9-23(10-4-1)21-32(26-13-7-8-14-26)28-19-20-30-29(31-28)25-15-17-27(18-16-25)33-22-24-11-5-2-6-12-24/h1-6,9-12,15-20,26H,7-8,13-14,21-22H2. The SMILES string of the molecule is c1ccc(COc2ccc(-c3nccc(N(Cc4ccccc4)C4CCCC4)n3)cc2)cc1. The third-order valence-electron chi connectivity index (χ3n) is 6.26. The lowest BCUT2D eigenvalue weighted by molar-refractivity contribution is 0.306. The Bertz CT molecular complexity index is 1140. The second-order valence-corrected chi connectivity index (χ2v) is 8.59. The first-order valence-corrected chi connectivity index (χ1v) is 11.8. The van der Waals surface area contributed by atoms with Crippen LogP contribution < -0.4 is 9.64 Å². The van der Waals surface area contributed by atoms with Crippen molar-refractivity contribution in [2.45, 2.75) is 44.9 Å². The minimum atomic E-state index is 0.529. The maximum Gasteiger partial charge on any atom is 0.161 e. The Hall–Kier alpha value is -3.66. The van der Waals surface area contributed by atoms with Crippen molar-refractivity contribution < 1.29 is 4.74 Å². The van der Waals surface area contributed by atoms with Crippen LogP contribution in [0.2, 0.25) is 0 Å². The van der Waals surface area contributed by atoms with Crippen LogP contribution in [0.5, 0.6) is 5.75 Å². The van der Waals surface area contributed by atoms with Crippen molar-refractivity contribution >= 4 is 5.82 Å². The predicted octanol–water partition coefficient (Wildman–Crippen LogP) is 6.67. The molecule has 4 aromatic rings. The highest BCUT2D eigenvalue weighted by atomic mass is 16.5. The molecule has 33 heavy (non-hydrogen) atoms. The fraction of sp³-hybridized carbons (Fsp3) is 0.241.